The molecule has 5 nitrogen and oxygen atoms in total. The van der Waals surface area contributed by atoms with E-state index in [1.165, 1.54) is 0 Å². The summed E-state index contributed by atoms with van der Waals surface area (Å²) in [5.74, 6) is 2.39. The molecule has 0 aliphatic carbocycles. The molecule has 0 atom stereocenters. The molecule has 0 aliphatic rings. The van der Waals surface area contributed by atoms with Crippen LogP contribution in [0.25, 0.3) is 0 Å². The standard InChI is InChI=1S/C13H25NO4/c1-4-6-15-8-10-17-12-13-18-11-9-16-7-5-14(2)3/h1H,5-13H2,2-3H3. The van der Waals surface area contributed by atoms with Crippen LogP contribution in [0.15, 0.2) is 0 Å². The monoisotopic (exact) mass is 259 g/mol. The van der Waals surface area contributed by atoms with E-state index in [9.17, 15) is 0 Å². The van der Waals surface area contributed by atoms with Crippen LogP contribution in [0.3, 0.4) is 0 Å². The number of rotatable bonds is 13. The largest absolute Gasteiger partial charge is 0.378 e. The molecule has 0 amide bonds. The maximum Gasteiger partial charge on any atom is 0.107 e. The fourth-order valence-electron chi connectivity index (χ4n) is 1.04. The van der Waals surface area contributed by atoms with Gasteiger partial charge in [-0.15, -0.1) is 6.42 Å². The number of ether oxygens (including phenoxy) is 4. The van der Waals surface area contributed by atoms with E-state index in [0.29, 0.717) is 46.2 Å². The van der Waals surface area contributed by atoms with Crippen LogP contribution in [-0.4, -0.2) is 78.4 Å². The van der Waals surface area contributed by atoms with Crippen LogP contribution in [0.4, 0.5) is 0 Å². The van der Waals surface area contributed by atoms with E-state index in [4.69, 9.17) is 25.4 Å². The van der Waals surface area contributed by atoms with Gasteiger partial charge in [-0.2, -0.15) is 0 Å². The Morgan fingerprint density at radius 3 is 1.67 bits per heavy atom. The highest BCUT2D eigenvalue weighted by Gasteiger charge is 1.93. The summed E-state index contributed by atoms with van der Waals surface area (Å²) in [5, 5.41) is 0. The first-order valence-corrected chi connectivity index (χ1v) is 6.16. The number of likely N-dealkylation sites (N-methyl/N-ethyl adjacent to an activating group) is 1. The zero-order valence-electron chi connectivity index (χ0n) is 11.5. The first-order chi connectivity index (χ1) is 8.77. The third-order valence-electron chi connectivity index (χ3n) is 1.98. The van der Waals surface area contributed by atoms with E-state index in [1.807, 2.05) is 14.1 Å². The SMILES string of the molecule is C#CCOCCOCCOCCOCCN(C)C. The van der Waals surface area contributed by atoms with Crippen molar-refractivity contribution in [1.29, 1.82) is 0 Å². The van der Waals surface area contributed by atoms with Crippen LogP contribution in [0.1, 0.15) is 0 Å². The molecule has 0 heterocycles. The van der Waals surface area contributed by atoms with Crippen molar-refractivity contribution < 1.29 is 18.9 Å². The Morgan fingerprint density at radius 1 is 0.778 bits per heavy atom. The number of nitrogens with zero attached hydrogens (tertiary/aromatic N) is 1. The fraction of sp³-hybridized carbons (Fsp3) is 0.846. The molecule has 106 valence electrons. The molecule has 0 N–H and O–H groups in total. The minimum Gasteiger partial charge on any atom is -0.378 e. The van der Waals surface area contributed by atoms with Gasteiger partial charge in [0.25, 0.3) is 0 Å². The van der Waals surface area contributed by atoms with Crippen molar-refractivity contribution in [3.05, 3.63) is 0 Å². The lowest BCUT2D eigenvalue weighted by molar-refractivity contribution is 0.0000171. The van der Waals surface area contributed by atoms with Gasteiger partial charge in [-0.05, 0) is 14.1 Å². The summed E-state index contributed by atoms with van der Waals surface area (Å²) in [7, 11) is 4.04. The summed E-state index contributed by atoms with van der Waals surface area (Å²) in [5.41, 5.74) is 0. The maximum atomic E-state index is 5.37. The highest BCUT2D eigenvalue weighted by molar-refractivity contribution is 4.82. The molecule has 0 unspecified atom stereocenters. The number of hydrogen-bond donors (Lipinski definition) is 0. The molecule has 0 saturated carbocycles. The Hall–Kier alpha value is -0.640. The van der Waals surface area contributed by atoms with Gasteiger partial charge in [-0.25, -0.2) is 0 Å². The zero-order chi connectivity index (χ0) is 13.5. The summed E-state index contributed by atoms with van der Waals surface area (Å²) in [6.45, 7) is 5.44. The average molecular weight is 259 g/mol. The third-order valence-corrected chi connectivity index (χ3v) is 1.98. The molecule has 0 rings (SSSR count). The molecule has 0 aromatic rings. The Labute approximate surface area is 110 Å². The van der Waals surface area contributed by atoms with Gasteiger partial charge in [0.1, 0.15) is 6.61 Å². The quantitative estimate of drug-likeness (QED) is 0.350. The van der Waals surface area contributed by atoms with E-state index in [2.05, 4.69) is 10.8 Å². The summed E-state index contributed by atoms with van der Waals surface area (Å²) < 4.78 is 21.0. The molecule has 0 radical (unpaired) electrons. The molecule has 0 aliphatic heterocycles. The minimum atomic E-state index is 0.337. The van der Waals surface area contributed by atoms with Crippen molar-refractivity contribution in [2.45, 2.75) is 0 Å². The van der Waals surface area contributed by atoms with E-state index in [-0.39, 0.29) is 0 Å². The summed E-state index contributed by atoms with van der Waals surface area (Å²) in [6, 6.07) is 0. The van der Waals surface area contributed by atoms with E-state index in [1.54, 1.807) is 0 Å². The first kappa shape index (κ1) is 17.4. The smallest absolute Gasteiger partial charge is 0.107 e. The van der Waals surface area contributed by atoms with Crippen LogP contribution in [-0.2, 0) is 18.9 Å². The van der Waals surface area contributed by atoms with E-state index >= 15 is 0 Å². The lowest BCUT2D eigenvalue weighted by Crippen LogP contribution is -2.19. The number of terminal acetylenes is 1. The lowest BCUT2D eigenvalue weighted by Gasteiger charge is -2.10. The van der Waals surface area contributed by atoms with Gasteiger partial charge in [0.2, 0.25) is 0 Å². The van der Waals surface area contributed by atoms with Gasteiger partial charge in [-0.3, -0.25) is 0 Å². The molecule has 18 heavy (non-hydrogen) atoms. The molecule has 0 bridgehead atoms. The van der Waals surface area contributed by atoms with Gasteiger partial charge in [0.15, 0.2) is 0 Å². The van der Waals surface area contributed by atoms with Crippen molar-refractivity contribution in [2.24, 2.45) is 0 Å². The zero-order valence-corrected chi connectivity index (χ0v) is 11.5. The van der Waals surface area contributed by atoms with Crippen molar-refractivity contribution in [3.8, 4) is 12.3 Å². The van der Waals surface area contributed by atoms with Crippen LogP contribution in [0, 0.1) is 12.3 Å². The summed E-state index contributed by atoms with van der Waals surface area (Å²) in [6.07, 6.45) is 5.03. The molecule has 0 fully saturated rings. The summed E-state index contributed by atoms with van der Waals surface area (Å²) in [4.78, 5) is 2.08. The van der Waals surface area contributed by atoms with Crippen LogP contribution < -0.4 is 0 Å². The van der Waals surface area contributed by atoms with Crippen LogP contribution in [0.2, 0.25) is 0 Å². The molecule has 0 aromatic carbocycles. The van der Waals surface area contributed by atoms with Crippen molar-refractivity contribution in [3.63, 3.8) is 0 Å². The normalized spacial score (nSPS) is 10.8. The molecular weight excluding hydrogens is 234 g/mol. The van der Waals surface area contributed by atoms with E-state index in [0.717, 1.165) is 13.2 Å². The number of hydrogen-bond acceptors (Lipinski definition) is 5. The molecular formula is C13H25NO4. The fourth-order valence-corrected chi connectivity index (χ4v) is 1.04. The summed E-state index contributed by atoms with van der Waals surface area (Å²) >= 11 is 0. The Balaban J connectivity index is 2.93. The van der Waals surface area contributed by atoms with Crippen LogP contribution >= 0.6 is 0 Å². The second kappa shape index (κ2) is 14.4. The second-order valence-corrected chi connectivity index (χ2v) is 3.90. The predicted molar refractivity (Wildman–Crippen MR) is 70.7 cm³/mol. The lowest BCUT2D eigenvalue weighted by atomic mass is 10.6. The van der Waals surface area contributed by atoms with Gasteiger partial charge in [-0.1, -0.05) is 5.92 Å². The van der Waals surface area contributed by atoms with Gasteiger partial charge >= 0.3 is 0 Å². The van der Waals surface area contributed by atoms with E-state index < -0.39 is 0 Å². The van der Waals surface area contributed by atoms with Gasteiger partial charge < -0.3 is 23.8 Å². The highest BCUT2D eigenvalue weighted by atomic mass is 16.6. The maximum absolute atomic E-state index is 5.37. The highest BCUT2D eigenvalue weighted by Crippen LogP contribution is 1.83. The first-order valence-electron chi connectivity index (χ1n) is 6.16. The molecule has 0 aromatic heterocycles. The minimum absolute atomic E-state index is 0.337. The predicted octanol–water partition coefficient (Wildman–Crippen LogP) is 0.248. The van der Waals surface area contributed by atoms with Gasteiger partial charge in [0, 0.05) is 6.54 Å². The Kier molecular flexibility index (Phi) is 13.9. The Morgan fingerprint density at radius 2 is 1.22 bits per heavy atom. The Bertz CT molecular complexity index is 204. The molecule has 5 heteroatoms. The van der Waals surface area contributed by atoms with Crippen molar-refractivity contribution >= 4 is 0 Å². The second-order valence-electron chi connectivity index (χ2n) is 3.90. The van der Waals surface area contributed by atoms with Crippen molar-refractivity contribution in [1.82, 2.24) is 4.90 Å². The molecule has 0 spiro atoms. The molecule has 0 saturated heterocycles. The van der Waals surface area contributed by atoms with Gasteiger partial charge in [0.05, 0.1) is 46.2 Å². The van der Waals surface area contributed by atoms with Crippen molar-refractivity contribution in [2.75, 3.05) is 73.5 Å². The third kappa shape index (κ3) is 15.4. The topological polar surface area (TPSA) is 40.2 Å². The van der Waals surface area contributed by atoms with Crippen LogP contribution in [0.5, 0.6) is 0 Å². The average Bonchev–Trinajstić information content (AvgIpc) is 2.34.